The molecule has 2 aromatic rings. The van der Waals surface area contributed by atoms with Gasteiger partial charge in [-0.15, -0.1) is 0 Å². The van der Waals surface area contributed by atoms with Crippen molar-refractivity contribution in [2.24, 2.45) is 5.73 Å². The van der Waals surface area contributed by atoms with E-state index in [1.54, 1.807) is 0 Å². The van der Waals surface area contributed by atoms with E-state index in [0.717, 1.165) is 24.0 Å². The highest BCUT2D eigenvalue weighted by Gasteiger charge is 2.20. The Labute approximate surface area is 132 Å². The molecule has 0 saturated heterocycles. The van der Waals surface area contributed by atoms with Crippen LogP contribution in [-0.4, -0.2) is 16.8 Å². The highest BCUT2D eigenvalue weighted by atomic mass is 16.2. The summed E-state index contributed by atoms with van der Waals surface area (Å²) in [6.45, 7) is 3.23. The van der Waals surface area contributed by atoms with Crippen molar-refractivity contribution in [3.8, 4) is 0 Å². The summed E-state index contributed by atoms with van der Waals surface area (Å²) in [5, 5.41) is 0. The number of nitrogens with two attached hydrogens (primary N) is 1. The van der Waals surface area contributed by atoms with Gasteiger partial charge in [-0.3, -0.25) is 4.79 Å². The first-order valence-electron chi connectivity index (χ1n) is 7.83. The van der Waals surface area contributed by atoms with E-state index in [-0.39, 0.29) is 5.91 Å². The predicted molar refractivity (Wildman–Crippen MR) is 90.0 cm³/mol. The molecule has 0 aromatic heterocycles. The Morgan fingerprint density at radius 2 is 1.41 bits per heavy atom. The van der Waals surface area contributed by atoms with E-state index in [4.69, 9.17) is 5.73 Å². The molecular weight excluding hydrogens is 272 g/mol. The van der Waals surface area contributed by atoms with Gasteiger partial charge in [0.15, 0.2) is 0 Å². The summed E-state index contributed by atoms with van der Waals surface area (Å²) < 4.78 is 0. The van der Waals surface area contributed by atoms with E-state index < -0.39 is 6.04 Å². The molecule has 0 unspecified atom stereocenters. The number of amides is 1. The predicted octanol–water partition coefficient (Wildman–Crippen LogP) is 3.34. The topological polar surface area (TPSA) is 46.3 Å². The number of hydrogen-bond acceptors (Lipinski definition) is 2. The second kappa shape index (κ2) is 8.35. The second-order valence-electron chi connectivity index (χ2n) is 5.56. The second-order valence-corrected chi connectivity index (χ2v) is 5.56. The summed E-state index contributed by atoms with van der Waals surface area (Å²) in [6.07, 6.45) is 1.64. The third kappa shape index (κ3) is 4.71. The Bertz CT molecular complexity index is 527. The Morgan fingerprint density at radius 1 is 0.955 bits per heavy atom. The van der Waals surface area contributed by atoms with E-state index in [0.29, 0.717) is 13.1 Å². The van der Waals surface area contributed by atoms with Gasteiger partial charge in [-0.25, -0.2) is 0 Å². The minimum Gasteiger partial charge on any atom is -0.333 e. The van der Waals surface area contributed by atoms with Crippen molar-refractivity contribution in [3.05, 3.63) is 71.8 Å². The van der Waals surface area contributed by atoms with Gasteiger partial charge in [-0.2, -0.15) is 0 Å². The average molecular weight is 296 g/mol. The maximum atomic E-state index is 12.6. The van der Waals surface area contributed by atoms with Crippen LogP contribution in [0.4, 0.5) is 0 Å². The Hall–Kier alpha value is -2.13. The fraction of sp³-hybridized carbons (Fsp3) is 0.316. The molecule has 0 aliphatic heterocycles. The minimum absolute atomic E-state index is 0.0227. The van der Waals surface area contributed by atoms with Crippen molar-refractivity contribution in [2.75, 3.05) is 0 Å². The number of nitrogens with zero attached hydrogens (tertiary/aromatic N) is 1. The molecule has 2 aromatic carbocycles. The smallest absolute Gasteiger partial charge is 0.240 e. The number of carbonyl (C=O) groups is 1. The highest BCUT2D eigenvalue weighted by Crippen LogP contribution is 2.12. The van der Waals surface area contributed by atoms with Crippen molar-refractivity contribution < 1.29 is 4.79 Å². The first kappa shape index (κ1) is 16.2. The largest absolute Gasteiger partial charge is 0.333 e. The van der Waals surface area contributed by atoms with Gasteiger partial charge in [0, 0.05) is 13.1 Å². The molecular formula is C19H24N2O. The first-order valence-corrected chi connectivity index (χ1v) is 7.83. The summed E-state index contributed by atoms with van der Waals surface area (Å²) in [4.78, 5) is 14.5. The maximum Gasteiger partial charge on any atom is 0.240 e. The molecule has 3 heteroatoms. The number of carbonyl (C=O) groups excluding carboxylic acids is 1. The Kier molecular flexibility index (Phi) is 6.16. The lowest BCUT2D eigenvalue weighted by molar-refractivity contribution is -0.134. The highest BCUT2D eigenvalue weighted by molar-refractivity contribution is 5.81. The summed E-state index contributed by atoms with van der Waals surface area (Å²) in [6, 6.07) is 19.7. The third-order valence-corrected chi connectivity index (χ3v) is 3.66. The van der Waals surface area contributed by atoms with Gasteiger partial charge in [0.2, 0.25) is 5.91 Å². The maximum absolute atomic E-state index is 12.6. The van der Waals surface area contributed by atoms with Crippen molar-refractivity contribution in [2.45, 2.75) is 38.9 Å². The van der Waals surface area contributed by atoms with Gasteiger partial charge < -0.3 is 10.6 Å². The summed E-state index contributed by atoms with van der Waals surface area (Å²) in [5.74, 6) is 0.0227. The van der Waals surface area contributed by atoms with Gasteiger partial charge in [0.25, 0.3) is 0 Å². The van der Waals surface area contributed by atoms with Crippen molar-refractivity contribution in [3.63, 3.8) is 0 Å². The SMILES string of the molecule is CCC[C@H](N)C(=O)N(Cc1ccccc1)Cc1ccccc1. The molecule has 116 valence electrons. The van der Waals surface area contributed by atoms with Crippen LogP contribution in [0.1, 0.15) is 30.9 Å². The molecule has 0 heterocycles. The van der Waals surface area contributed by atoms with Gasteiger partial charge in [-0.1, -0.05) is 74.0 Å². The normalized spacial score (nSPS) is 11.9. The van der Waals surface area contributed by atoms with E-state index in [1.165, 1.54) is 0 Å². The van der Waals surface area contributed by atoms with E-state index >= 15 is 0 Å². The standard InChI is InChI=1S/C19H24N2O/c1-2-9-18(20)19(22)21(14-16-10-5-3-6-11-16)15-17-12-7-4-8-13-17/h3-8,10-13,18H,2,9,14-15,20H2,1H3/t18-/m0/s1. The van der Waals surface area contributed by atoms with Crippen LogP contribution in [0.3, 0.4) is 0 Å². The molecule has 0 spiro atoms. The number of hydrogen-bond donors (Lipinski definition) is 1. The van der Waals surface area contributed by atoms with E-state index in [2.05, 4.69) is 0 Å². The van der Waals surface area contributed by atoms with Crippen molar-refractivity contribution in [1.29, 1.82) is 0 Å². The van der Waals surface area contributed by atoms with E-state index in [1.807, 2.05) is 72.5 Å². The molecule has 0 aliphatic rings. The van der Waals surface area contributed by atoms with Gasteiger partial charge in [-0.05, 0) is 17.5 Å². The average Bonchev–Trinajstić information content (AvgIpc) is 2.56. The van der Waals surface area contributed by atoms with Gasteiger partial charge >= 0.3 is 0 Å². The lowest BCUT2D eigenvalue weighted by Gasteiger charge is -2.26. The Morgan fingerprint density at radius 3 is 1.82 bits per heavy atom. The molecule has 1 amide bonds. The van der Waals surface area contributed by atoms with Crippen LogP contribution < -0.4 is 5.73 Å². The zero-order valence-corrected chi connectivity index (χ0v) is 13.1. The third-order valence-electron chi connectivity index (χ3n) is 3.66. The monoisotopic (exact) mass is 296 g/mol. The molecule has 1 atom stereocenters. The van der Waals surface area contributed by atoms with Crippen molar-refractivity contribution in [1.82, 2.24) is 4.90 Å². The molecule has 0 radical (unpaired) electrons. The van der Waals surface area contributed by atoms with Crippen LogP contribution in [-0.2, 0) is 17.9 Å². The number of rotatable bonds is 7. The van der Waals surface area contributed by atoms with Crippen LogP contribution in [0.5, 0.6) is 0 Å². The van der Waals surface area contributed by atoms with Crippen molar-refractivity contribution >= 4 is 5.91 Å². The molecule has 22 heavy (non-hydrogen) atoms. The summed E-state index contributed by atoms with van der Waals surface area (Å²) >= 11 is 0. The molecule has 0 bridgehead atoms. The first-order chi connectivity index (χ1) is 10.7. The van der Waals surface area contributed by atoms with Gasteiger partial charge in [0.1, 0.15) is 0 Å². The molecule has 0 aliphatic carbocycles. The minimum atomic E-state index is -0.419. The summed E-state index contributed by atoms with van der Waals surface area (Å²) in [5.41, 5.74) is 8.29. The van der Waals surface area contributed by atoms with E-state index in [9.17, 15) is 4.79 Å². The van der Waals surface area contributed by atoms with Crippen LogP contribution in [0.25, 0.3) is 0 Å². The fourth-order valence-corrected chi connectivity index (χ4v) is 2.49. The van der Waals surface area contributed by atoms with Crippen LogP contribution >= 0.6 is 0 Å². The molecule has 2 N–H and O–H groups in total. The van der Waals surface area contributed by atoms with Crippen LogP contribution in [0, 0.1) is 0 Å². The summed E-state index contributed by atoms with van der Waals surface area (Å²) in [7, 11) is 0. The van der Waals surface area contributed by atoms with Crippen LogP contribution in [0.2, 0.25) is 0 Å². The van der Waals surface area contributed by atoms with Crippen LogP contribution in [0.15, 0.2) is 60.7 Å². The molecule has 2 rings (SSSR count). The van der Waals surface area contributed by atoms with Gasteiger partial charge in [0.05, 0.1) is 6.04 Å². The lowest BCUT2D eigenvalue weighted by atomic mass is 10.1. The zero-order valence-electron chi connectivity index (χ0n) is 13.1. The molecule has 0 saturated carbocycles. The lowest BCUT2D eigenvalue weighted by Crippen LogP contribution is -2.43. The molecule has 3 nitrogen and oxygen atoms in total. The number of benzene rings is 2. The fourth-order valence-electron chi connectivity index (χ4n) is 2.49. The quantitative estimate of drug-likeness (QED) is 0.851. The molecule has 0 fully saturated rings. The Balaban J connectivity index is 2.14. The zero-order chi connectivity index (χ0) is 15.8.